The van der Waals surface area contributed by atoms with E-state index in [2.05, 4.69) is 5.32 Å². The normalized spacial score (nSPS) is 10.2. The van der Waals surface area contributed by atoms with Crippen LogP contribution in [0.3, 0.4) is 0 Å². The van der Waals surface area contributed by atoms with Crippen molar-refractivity contribution in [3.8, 4) is 5.75 Å². The molecule has 2 aromatic carbocycles. The minimum atomic E-state index is -0.697. The van der Waals surface area contributed by atoms with E-state index >= 15 is 0 Å². The van der Waals surface area contributed by atoms with Gasteiger partial charge in [-0.25, -0.2) is 8.78 Å². The van der Waals surface area contributed by atoms with Crippen LogP contribution in [-0.2, 0) is 11.2 Å². The molecule has 7 nitrogen and oxygen atoms in total. The Morgan fingerprint density at radius 3 is 2.54 bits per heavy atom. The first-order valence-electron chi connectivity index (χ1n) is 7.48. The highest BCUT2D eigenvalue weighted by Crippen LogP contribution is 2.22. The van der Waals surface area contributed by atoms with Gasteiger partial charge in [0.05, 0.1) is 10.5 Å². The predicted octanol–water partition coefficient (Wildman–Crippen LogP) is 2.42. The van der Waals surface area contributed by atoms with Crippen LogP contribution >= 0.6 is 0 Å². The van der Waals surface area contributed by atoms with Gasteiger partial charge in [0.25, 0.3) is 11.6 Å². The van der Waals surface area contributed by atoms with E-state index in [-0.39, 0.29) is 35.5 Å². The van der Waals surface area contributed by atoms with E-state index < -0.39 is 29.1 Å². The van der Waals surface area contributed by atoms with Crippen molar-refractivity contribution in [1.29, 1.82) is 0 Å². The lowest BCUT2D eigenvalue weighted by Crippen LogP contribution is -2.31. The minimum absolute atomic E-state index is 0.0130. The monoisotopic (exact) mass is 364 g/mol. The average Bonchev–Trinajstić information content (AvgIpc) is 2.62. The SMILES string of the molecule is O=Cc1cc([N+](=O)[O-])ccc1OCC(=O)NCCc1c(F)cccc1F. The lowest BCUT2D eigenvalue weighted by atomic mass is 10.1. The van der Waals surface area contributed by atoms with Crippen LogP contribution in [0.4, 0.5) is 14.5 Å². The van der Waals surface area contributed by atoms with E-state index in [1.807, 2.05) is 0 Å². The molecular weight excluding hydrogens is 350 g/mol. The van der Waals surface area contributed by atoms with Crippen LogP contribution in [-0.4, -0.2) is 30.3 Å². The Kier molecular flexibility index (Phi) is 6.31. The molecule has 2 rings (SSSR count). The number of ether oxygens (including phenoxy) is 1. The third-order valence-electron chi connectivity index (χ3n) is 3.45. The largest absolute Gasteiger partial charge is 0.483 e. The Hall–Kier alpha value is -3.36. The lowest BCUT2D eigenvalue weighted by Gasteiger charge is -2.09. The number of halogens is 2. The molecule has 0 aliphatic carbocycles. The fraction of sp³-hybridized carbons (Fsp3) is 0.176. The quantitative estimate of drug-likeness (QED) is 0.441. The van der Waals surface area contributed by atoms with Crippen LogP contribution in [0.1, 0.15) is 15.9 Å². The minimum Gasteiger partial charge on any atom is -0.483 e. The molecule has 0 aliphatic rings. The summed E-state index contributed by atoms with van der Waals surface area (Å²) in [6, 6.07) is 6.87. The molecule has 0 spiro atoms. The summed E-state index contributed by atoms with van der Waals surface area (Å²) < 4.78 is 32.1. The van der Waals surface area contributed by atoms with Crippen LogP contribution < -0.4 is 10.1 Å². The van der Waals surface area contributed by atoms with Gasteiger partial charge in [0.15, 0.2) is 12.9 Å². The molecule has 0 aliphatic heterocycles. The van der Waals surface area contributed by atoms with Crippen LogP contribution in [0.15, 0.2) is 36.4 Å². The van der Waals surface area contributed by atoms with Crippen molar-refractivity contribution < 1.29 is 28.0 Å². The first-order chi connectivity index (χ1) is 12.4. The van der Waals surface area contributed by atoms with E-state index in [1.165, 1.54) is 12.1 Å². The Labute approximate surface area is 146 Å². The summed E-state index contributed by atoms with van der Waals surface area (Å²) in [5.41, 5.74) is -0.483. The maximum atomic E-state index is 13.5. The maximum Gasteiger partial charge on any atom is 0.270 e. The number of rotatable bonds is 8. The van der Waals surface area contributed by atoms with Gasteiger partial charge in [-0.3, -0.25) is 19.7 Å². The number of nitrogens with zero attached hydrogens (tertiary/aromatic N) is 1. The first-order valence-corrected chi connectivity index (χ1v) is 7.48. The number of hydrogen-bond acceptors (Lipinski definition) is 5. The molecule has 0 radical (unpaired) electrons. The molecule has 0 atom stereocenters. The van der Waals surface area contributed by atoms with Crippen LogP contribution in [0.2, 0.25) is 0 Å². The summed E-state index contributed by atoms with van der Waals surface area (Å²) in [7, 11) is 0. The molecule has 26 heavy (non-hydrogen) atoms. The fourth-order valence-corrected chi connectivity index (χ4v) is 2.17. The predicted molar refractivity (Wildman–Crippen MR) is 87.1 cm³/mol. The van der Waals surface area contributed by atoms with Crippen molar-refractivity contribution in [3.05, 3.63) is 69.3 Å². The molecule has 0 unspecified atom stereocenters. The number of aldehydes is 1. The zero-order chi connectivity index (χ0) is 19.1. The molecule has 1 amide bonds. The molecule has 0 saturated heterocycles. The maximum absolute atomic E-state index is 13.5. The van der Waals surface area contributed by atoms with Gasteiger partial charge in [0, 0.05) is 24.2 Å². The second-order valence-electron chi connectivity index (χ2n) is 5.19. The molecule has 1 N–H and O–H groups in total. The molecule has 0 bridgehead atoms. The first kappa shape index (κ1) is 19.0. The number of nitro groups is 1. The van der Waals surface area contributed by atoms with Crippen LogP contribution in [0.5, 0.6) is 5.75 Å². The molecule has 0 aromatic heterocycles. The standard InChI is InChI=1S/C17H14F2N2O5/c18-14-2-1-3-15(19)13(14)6-7-20-17(23)10-26-16-5-4-12(21(24)25)8-11(16)9-22/h1-5,8-9H,6-7,10H2,(H,20,23). The van der Waals surface area contributed by atoms with Crippen molar-refractivity contribution in [2.45, 2.75) is 6.42 Å². The van der Waals surface area contributed by atoms with E-state index in [4.69, 9.17) is 4.74 Å². The number of benzene rings is 2. The van der Waals surface area contributed by atoms with Gasteiger partial charge < -0.3 is 10.1 Å². The van der Waals surface area contributed by atoms with Gasteiger partial charge in [-0.05, 0) is 24.6 Å². The molecular formula is C17H14F2N2O5. The summed E-state index contributed by atoms with van der Waals surface area (Å²) in [5, 5.41) is 13.1. The van der Waals surface area contributed by atoms with E-state index in [0.717, 1.165) is 24.3 Å². The number of hydrogen-bond donors (Lipinski definition) is 1. The molecule has 2 aromatic rings. The fourth-order valence-electron chi connectivity index (χ4n) is 2.17. The number of amides is 1. The van der Waals surface area contributed by atoms with Gasteiger partial charge in [-0.15, -0.1) is 0 Å². The summed E-state index contributed by atoms with van der Waals surface area (Å²) in [5.74, 6) is -1.95. The Balaban J connectivity index is 1.87. The van der Waals surface area contributed by atoms with E-state index in [0.29, 0.717) is 6.29 Å². The summed E-state index contributed by atoms with van der Waals surface area (Å²) in [4.78, 5) is 32.7. The molecule has 0 fully saturated rings. The van der Waals surface area contributed by atoms with Gasteiger partial charge in [-0.2, -0.15) is 0 Å². The van der Waals surface area contributed by atoms with Gasteiger partial charge in [0.1, 0.15) is 17.4 Å². The number of nitro benzene ring substituents is 1. The van der Waals surface area contributed by atoms with Crippen molar-refractivity contribution >= 4 is 17.9 Å². The molecule has 9 heteroatoms. The molecule has 0 saturated carbocycles. The third kappa shape index (κ3) is 4.82. The van der Waals surface area contributed by atoms with Gasteiger partial charge in [0.2, 0.25) is 0 Å². The highest BCUT2D eigenvalue weighted by Gasteiger charge is 2.13. The zero-order valence-electron chi connectivity index (χ0n) is 13.4. The second-order valence-corrected chi connectivity index (χ2v) is 5.19. The van der Waals surface area contributed by atoms with Crippen LogP contribution in [0.25, 0.3) is 0 Å². The Bertz CT molecular complexity index is 822. The number of carbonyl (C=O) groups is 2. The third-order valence-corrected chi connectivity index (χ3v) is 3.45. The second kappa shape index (κ2) is 8.65. The topological polar surface area (TPSA) is 98.5 Å². The van der Waals surface area contributed by atoms with Crippen molar-refractivity contribution in [3.63, 3.8) is 0 Å². The highest BCUT2D eigenvalue weighted by molar-refractivity contribution is 5.81. The van der Waals surface area contributed by atoms with Crippen molar-refractivity contribution in [2.24, 2.45) is 0 Å². The number of non-ortho nitro benzene ring substituents is 1. The number of carbonyl (C=O) groups excluding carboxylic acids is 2. The van der Waals surface area contributed by atoms with E-state index in [9.17, 15) is 28.5 Å². The smallest absolute Gasteiger partial charge is 0.270 e. The average molecular weight is 364 g/mol. The van der Waals surface area contributed by atoms with Gasteiger partial charge in [-0.1, -0.05) is 6.07 Å². The molecule has 136 valence electrons. The van der Waals surface area contributed by atoms with Gasteiger partial charge >= 0.3 is 0 Å². The summed E-state index contributed by atoms with van der Waals surface area (Å²) >= 11 is 0. The van der Waals surface area contributed by atoms with Crippen molar-refractivity contribution in [1.82, 2.24) is 5.32 Å². The Morgan fingerprint density at radius 2 is 1.92 bits per heavy atom. The highest BCUT2D eigenvalue weighted by atomic mass is 19.1. The lowest BCUT2D eigenvalue weighted by molar-refractivity contribution is -0.384. The Morgan fingerprint density at radius 1 is 1.23 bits per heavy atom. The number of nitrogens with one attached hydrogen (secondary N) is 1. The molecule has 0 heterocycles. The van der Waals surface area contributed by atoms with Crippen molar-refractivity contribution in [2.75, 3.05) is 13.2 Å². The van der Waals surface area contributed by atoms with E-state index in [1.54, 1.807) is 0 Å². The zero-order valence-corrected chi connectivity index (χ0v) is 13.4. The van der Waals surface area contributed by atoms with Crippen LogP contribution in [0, 0.1) is 21.7 Å². The summed E-state index contributed by atoms with van der Waals surface area (Å²) in [6.45, 7) is -0.473. The summed E-state index contributed by atoms with van der Waals surface area (Å²) in [6.07, 6.45) is 0.336.